The summed E-state index contributed by atoms with van der Waals surface area (Å²) in [6.45, 7) is 3.70. The van der Waals surface area contributed by atoms with Crippen LogP contribution >= 0.6 is 11.8 Å². The van der Waals surface area contributed by atoms with E-state index in [1.807, 2.05) is 42.5 Å². The van der Waals surface area contributed by atoms with E-state index in [2.05, 4.69) is 22.0 Å². The topological polar surface area (TPSA) is 70.0 Å². The number of rotatable bonds is 3. The second-order valence-corrected chi connectivity index (χ2v) is 6.44. The van der Waals surface area contributed by atoms with Gasteiger partial charge in [0.2, 0.25) is 0 Å². The molecule has 1 aromatic carbocycles. The molecule has 25 heavy (non-hydrogen) atoms. The van der Waals surface area contributed by atoms with Crippen molar-refractivity contribution < 1.29 is 4.79 Å². The van der Waals surface area contributed by atoms with E-state index in [0.717, 1.165) is 16.3 Å². The number of amidine groups is 1. The van der Waals surface area contributed by atoms with Crippen molar-refractivity contribution in [1.29, 1.82) is 0 Å². The molecule has 7 heteroatoms. The molecule has 0 spiro atoms. The minimum absolute atomic E-state index is 0.190. The Balaban J connectivity index is 1.91. The Bertz CT molecular complexity index is 986. The number of para-hydroxylation sites is 1. The number of nitrogens with zero attached hydrogens (tertiary/aromatic N) is 4. The van der Waals surface area contributed by atoms with Crippen LogP contribution in [-0.4, -0.2) is 26.8 Å². The molecule has 3 heterocycles. The van der Waals surface area contributed by atoms with E-state index in [9.17, 15) is 4.79 Å². The molecule has 2 aromatic rings. The molecule has 6 nitrogen and oxygen atoms in total. The van der Waals surface area contributed by atoms with Gasteiger partial charge in [0.1, 0.15) is 5.70 Å². The van der Waals surface area contributed by atoms with Gasteiger partial charge in [-0.05, 0) is 18.2 Å². The first kappa shape index (κ1) is 15.6. The number of hydrazone groups is 1. The standard InChI is InChI=1S/C18H15N5OS/c1-2-11-25-18-21-17(24)15-12-7-3-4-8-13(12)20-16(23(15)22-18)14-9-5-6-10-19-14/h2-10,16H,1,11H2,(H,21,22,24). The zero-order valence-corrected chi connectivity index (χ0v) is 14.1. The lowest BCUT2D eigenvalue weighted by atomic mass is 10.1. The van der Waals surface area contributed by atoms with Crippen molar-refractivity contribution in [2.24, 2.45) is 10.1 Å². The smallest absolute Gasteiger partial charge is 0.276 e. The van der Waals surface area contributed by atoms with Gasteiger partial charge in [0.15, 0.2) is 11.3 Å². The highest BCUT2D eigenvalue weighted by atomic mass is 32.2. The molecule has 1 atom stereocenters. The molecule has 0 radical (unpaired) electrons. The Kier molecular flexibility index (Phi) is 4.07. The summed E-state index contributed by atoms with van der Waals surface area (Å²) in [4.78, 5) is 22.0. The van der Waals surface area contributed by atoms with E-state index in [1.165, 1.54) is 11.8 Å². The fourth-order valence-corrected chi connectivity index (χ4v) is 3.34. The van der Waals surface area contributed by atoms with Crippen LogP contribution in [0.2, 0.25) is 0 Å². The average molecular weight is 349 g/mol. The first-order valence-corrected chi connectivity index (χ1v) is 8.77. The molecule has 0 saturated heterocycles. The molecule has 0 fully saturated rings. The fourth-order valence-electron chi connectivity index (χ4n) is 2.75. The number of thioether (sulfide) groups is 1. The minimum atomic E-state index is -0.475. The molecule has 4 rings (SSSR count). The Labute approximate surface area is 148 Å². The summed E-state index contributed by atoms with van der Waals surface area (Å²) in [5, 5.41) is 11.2. The second kappa shape index (κ2) is 6.52. The van der Waals surface area contributed by atoms with Gasteiger partial charge >= 0.3 is 0 Å². The SMILES string of the molecule is C=CCSC1=NN2C(=c3ccccc3=NC2c2ccccn2)C(=O)N1. The number of carbonyl (C=O) groups is 1. The Hall–Kier alpha value is -2.93. The lowest BCUT2D eigenvalue weighted by molar-refractivity contribution is -0.116. The first-order chi connectivity index (χ1) is 12.3. The average Bonchev–Trinajstić information content (AvgIpc) is 2.66. The van der Waals surface area contributed by atoms with Crippen LogP contribution in [0.1, 0.15) is 11.9 Å². The van der Waals surface area contributed by atoms with E-state index < -0.39 is 6.17 Å². The van der Waals surface area contributed by atoms with Crippen LogP contribution in [0.4, 0.5) is 0 Å². The van der Waals surface area contributed by atoms with Gasteiger partial charge in [-0.3, -0.25) is 20.1 Å². The normalized spacial score (nSPS) is 18.5. The third-order valence-corrected chi connectivity index (χ3v) is 4.67. The lowest BCUT2D eigenvalue weighted by Crippen LogP contribution is -2.50. The van der Waals surface area contributed by atoms with E-state index in [-0.39, 0.29) is 5.91 Å². The quantitative estimate of drug-likeness (QED) is 0.844. The number of aromatic nitrogens is 1. The molecular formula is C18H15N5OS. The van der Waals surface area contributed by atoms with Crippen molar-refractivity contribution >= 4 is 28.5 Å². The van der Waals surface area contributed by atoms with E-state index in [1.54, 1.807) is 17.3 Å². The van der Waals surface area contributed by atoms with Crippen LogP contribution in [0.5, 0.6) is 0 Å². The molecule has 1 aromatic heterocycles. The van der Waals surface area contributed by atoms with Crippen LogP contribution in [0, 0.1) is 0 Å². The van der Waals surface area contributed by atoms with E-state index >= 15 is 0 Å². The maximum atomic E-state index is 12.8. The predicted octanol–water partition coefficient (Wildman–Crippen LogP) is 1.14. The van der Waals surface area contributed by atoms with Gasteiger partial charge in [0, 0.05) is 17.2 Å². The van der Waals surface area contributed by atoms with Gasteiger partial charge in [-0.25, -0.2) is 5.01 Å². The zero-order chi connectivity index (χ0) is 17.2. The second-order valence-electron chi connectivity index (χ2n) is 5.43. The molecular weight excluding hydrogens is 334 g/mol. The Morgan fingerprint density at radius 1 is 1.24 bits per heavy atom. The number of pyridine rings is 1. The number of hydrogen-bond acceptors (Lipinski definition) is 6. The Morgan fingerprint density at radius 3 is 2.88 bits per heavy atom. The molecule has 0 bridgehead atoms. The number of carbonyl (C=O) groups excluding carboxylic acids is 1. The van der Waals surface area contributed by atoms with E-state index in [4.69, 9.17) is 4.99 Å². The van der Waals surface area contributed by atoms with Gasteiger partial charge < -0.3 is 0 Å². The summed E-state index contributed by atoms with van der Waals surface area (Å²) in [6, 6.07) is 13.2. The van der Waals surface area contributed by atoms with E-state index in [0.29, 0.717) is 16.6 Å². The molecule has 0 aliphatic carbocycles. The first-order valence-electron chi connectivity index (χ1n) is 7.79. The van der Waals surface area contributed by atoms with Crippen molar-refractivity contribution in [3.8, 4) is 0 Å². The van der Waals surface area contributed by atoms with Crippen molar-refractivity contribution in [3.63, 3.8) is 0 Å². The van der Waals surface area contributed by atoms with Crippen molar-refractivity contribution in [2.45, 2.75) is 6.17 Å². The maximum absolute atomic E-state index is 12.8. The summed E-state index contributed by atoms with van der Waals surface area (Å²) >= 11 is 1.42. The third kappa shape index (κ3) is 2.83. The van der Waals surface area contributed by atoms with Crippen molar-refractivity contribution in [1.82, 2.24) is 15.3 Å². The van der Waals surface area contributed by atoms with Crippen LogP contribution in [0.3, 0.4) is 0 Å². The van der Waals surface area contributed by atoms with Crippen molar-refractivity contribution in [2.75, 3.05) is 5.75 Å². The van der Waals surface area contributed by atoms with Gasteiger partial charge in [-0.1, -0.05) is 42.1 Å². The highest BCUT2D eigenvalue weighted by Crippen LogP contribution is 2.29. The number of nitrogens with one attached hydrogen (secondary N) is 1. The van der Waals surface area contributed by atoms with Crippen LogP contribution in [-0.2, 0) is 4.79 Å². The van der Waals surface area contributed by atoms with Gasteiger partial charge in [0.25, 0.3) is 5.91 Å². The lowest BCUT2D eigenvalue weighted by Gasteiger charge is -2.33. The number of amides is 1. The van der Waals surface area contributed by atoms with Crippen molar-refractivity contribution in [3.05, 3.63) is 77.6 Å². The molecule has 124 valence electrons. The maximum Gasteiger partial charge on any atom is 0.276 e. The van der Waals surface area contributed by atoms with Crippen LogP contribution < -0.4 is 15.9 Å². The highest BCUT2D eigenvalue weighted by Gasteiger charge is 2.34. The molecule has 2 aliphatic rings. The number of benzene rings is 1. The van der Waals surface area contributed by atoms with Crippen LogP contribution in [0.15, 0.2) is 71.4 Å². The Morgan fingerprint density at radius 2 is 2.08 bits per heavy atom. The minimum Gasteiger partial charge on any atom is -0.298 e. The number of hydrogen-bond donors (Lipinski definition) is 1. The zero-order valence-electron chi connectivity index (χ0n) is 13.3. The summed E-state index contributed by atoms with van der Waals surface area (Å²) in [7, 11) is 0. The fraction of sp³-hybridized carbons (Fsp3) is 0.111. The van der Waals surface area contributed by atoms with Gasteiger partial charge in [-0.15, -0.1) is 11.7 Å². The molecule has 1 unspecified atom stereocenters. The number of fused-ring (bicyclic) bond motifs is 2. The van der Waals surface area contributed by atoms with Crippen LogP contribution in [0.25, 0.3) is 5.70 Å². The molecule has 1 amide bonds. The highest BCUT2D eigenvalue weighted by molar-refractivity contribution is 8.14. The molecule has 1 N–H and O–H groups in total. The molecule has 0 saturated carbocycles. The summed E-state index contributed by atoms with van der Waals surface area (Å²) < 4.78 is 0. The predicted molar refractivity (Wildman–Crippen MR) is 97.7 cm³/mol. The third-order valence-electron chi connectivity index (χ3n) is 3.81. The summed E-state index contributed by atoms with van der Waals surface area (Å²) in [5.41, 5.74) is 1.23. The molecule has 2 aliphatic heterocycles. The van der Waals surface area contributed by atoms with Gasteiger partial charge in [-0.2, -0.15) is 0 Å². The largest absolute Gasteiger partial charge is 0.298 e. The summed E-state index contributed by atoms with van der Waals surface area (Å²) in [6.07, 6.45) is 3.01. The van der Waals surface area contributed by atoms with Gasteiger partial charge in [0.05, 0.1) is 11.1 Å². The summed E-state index contributed by atoms with van der Waals surface area (Å²) in [5.74, 6) is 0.467. The monoisotopic (exact) mass is 349 g/mol.